The SMILES string of the molecule is Cc1ccsc1Cn1c(=O)c(C#COc2ccccc2F)cc2cnc(Nc3ccc(OC4CCCNC4)cc3)nc21. The Morgan fingerprint density at radius 3 is 2.81 bits per heavy atom. The Morgan fingerprint density at radius 2 is 2.05 bits per heavy atom. The summed E-state index contributed by atoms with van der Waals surface area (Å²) in [4.78, 5) is 23.9. The Bertz CT molecular complexity index is 1840. The fourth-order valence-corrected chi connectivity index (χ4v) is 5.58. The molecule has 5 aromatic rings. The van der Waals surface area contributed by atoms with Crippen LogP contribution in [0.15, 0.2) is 77.0 Å². The molecular formula is C32H28FN5O3S. The van der Waals surface area contributed by atoms with Crippen LogP contribution in [0.5, 0.6) is 11.5 Å². The van der Waals surface area contributed by atoms with Crippen molar-refractivity contribution >= 4 is 34.0 Å². The number of hydrogen-bond acceptors (Lipinski definition) is 8. The van der Waals surface area contributed by atoms with Crippen molar-refractivity contribution in [2.24, 2.45) is 0 Å². The maximum Gasteiger partial charge on any atom is 0.268 e. The van der Waals surface area contributed by atoms with Gasteiger partial charge in [-0.25, -0.2) is 9.37 Å². The van der Waals surface area contributed by atoms with Crippen molar-refractivity contribution in [3.8, 4) is 23.5 Å². The second-order valence-electron chi connectivity index (χ2n) is 9.94. The molecule has 2 N–H and O–H groups in total. The third-order valence-corrected chi connectivity index (χ3v) is 7.95. The van der Waals surface area contributed by atoms with E-state index in [9.17, 15) is 9.18 Å². The van der Waals surface area contributed by atoms with Crippen molar-refractivity contribution in [3.63, 3.8) is 0 Å². The molecule has 1 atom stereocenters. The fraction of sp³-hybridized carbons (Fsp3) is 0.219. The molecule has 0 bridgehead atoms. The van der Waals surface area contributed by atoms with Gasteiger partial charge >= 0.3 is 0 Å². The van der Waals surface area contributed by atoms with E-state index in [4.69, 9.17) is 14.5 Å². The Kier molecular flexibility index (Phi) is 8.12. The number of thiophene rings is 1. The number of rotatable bonds is 7. The molecule has 0 radical (unpaired) electrons. The van der Waals surface area contributed by atoms with Gasteiger partial charge in [0.1, 0.15) is 23.6 Å². The molecule has 4 heterocycles. The third kappa shape index (κ3) is 6.28. The number of halogens is 1. The van der Waals surface area contributed by atoms with Crippen LogP contribution < -0.4 is 25.7 Å². The first-order valence-corrected chi connectivity index (χ1v) is 14.5. The predicted octanol–water partition coefficient (Wildman–Crippen LogP) is 5.61. The zero-order valence-electron chi connectivity index (χ0n) is 22.9. The highest BCUT2D eigenvalue weighted by molar-refractivity contribution is 7.10. The van der Waals surface area contributed by atoms with Crippen molar-refractivity contribution in [1.82, 2.24) is 19.9 Å². The average Bonchev–Trinajstić information content (AvgIpc) is 3.41. The molecule has 1 saturated heterocycles. The zero-order valence-corrected chi connectivity index (χ0v) is 23.7. The third-order valence-electron chi connectivity index (χ3n) is 6.95. The summed E-state index contributed by atoms with van der Waals surface area (Å²) in [5.74, 6) is 3.36. The van der Waals surface area contributed by atoms with E-state index < -0.39 is 5.82 Å². The zero-order chi connectivity index (χ0) is 28.9. The van der Waals surface area contributed by atoms with E-state index in [1.807, 2.05) is 42.6 Å². The van der Waals surface area contributed by atoms with Gasteiger partial charge in [0.2, 0.25) is 5.95 Å². The first-order chi connectivity index (χ1) is 20.5. The van der Waals surface area contributed by atoms with Crippen LogP contribution in [0.25, 0.3) is 11.0 Å². The highest BCUT2D eigenvalue weighted by atomic mass is 32.1. The number of para-hydroxylation sites is 1. The number of aryl methyl sites for hydroxylation is 1. The number of aromatic nitrogens is 3. The topological polar surface area (TPSA) is 90.3 Å². The van der Waals surface area contributed by atoms with Gasteiger partial charge in [-0.1, -0.05) is 12.1 Å². The molecule has 1 aliphatic heterocycles. The Balaban J connectivity index is 1.29. The van der Waals surface area contributed by atoms with Crippen molar-refractivity contribution in [2.75, 3.05) is 18.4 Å². The first-order valence-electron chi connectivity index (χ1n) is 13.6. The molecule has 0 saturated carbocycles. The van der Waals surface area contributed by atoms with Gasteiger partial charge in [0.15, 0.2) is 11.6 Å². The minimum atomic E-state index is -0.534. The second-order valence-corrected chi connectivity index (χ2v) is 10.9. The fourth-order valence-electron chi connectivity index (χ4n) is 4.69. The maximum atomic E-state index is 13.9. The van der Waals surface area contributed by atoms with E-state index in [0.29, 0.717) is 23.5 Å². The number of hydrogen-bond donors (Lipinski definition) is 2. The monoisotopic (exact) mass is 581 g/mol. The molecule has 8 nitrogen and oxygen atoms in total. The smallest absolute Gasteiger partial charge is 0.268 e. The molecule has 0 amide bonds. The molecule has 0 spiro atoms. The predicted molar refractivity (Wildman–Crippen MR) is 162 cm³/mol. The molecule has 10 heteroatoms. The van der Waals surface area contributed by atoms with E-state index in [0.717, 1.165) is 47.8 Å². The Hall–Kier alpha value is -4.72. The molecule has 3 aromatic heterocycles. The van der Waals surface area contributed by atoms with Crippen molar-refractivity contribution in [1.29, 1.82) is 0 Å². The maximum absolute atomic E-state index is 13.9. The van der Waals surface area contributed by atoms with E-state index >= 15 is 0 Å². The number of anilines is 2. The summed E-state index contributed by atoms with van der Waals surface area (Å²) in [6, 6.07) is 17.3. The van der Waals surface area contributed by atoms with Crippen molar-refractivity contribution in [2.45, 2.75) is 32.4 Å². The van der Waals surface area contributed by atoms with Crippen LogP contribution in [0.3, 0.4) is 0 Å². The highest BCUT2D eigenvalue weighted by Gasteiger charge is 2.15. The Morgan fingerprint density at radius 1 is 1.19 bits per heavy atom. The lowest BCUT2D eigenvalue weighted by molar-refractivity contribution is 0.167. The van der Waals surface area contributed by atoms with Crippen LogP contribution in [0.2, 0.25) is 0 Å². The van der Waals surface area contributed by atoms with E-state index in [1.165, 1.54) is 12.1 Å². The minimum Gasteiger partial charge on any atom is -0.489 e. The molecule has 1 unspecified atom stereocenters. The molecule has 6 rings (SSSR count). The molecule has 42 heavy (non-hydrogen) atoms. The van der Waals surface area contributed by atoms with Crippen LogP contribution in [-0.4, -0.2) is 33.7 Å². The van der Waals surface area contributed by atoms with Gasteiger partial charge in [0.25, 0.3) is 5.56 Å². The lowest BCUT2D eigenvalue weighted by Gasteiger charge is -2.24. The highest BCUT2D eigenvalue weighted by Crippen LogP contribution is 2.23. The summed E-state index contributed by atoms with van der Waals surface area (Å²) in [6.07, 6.45) is 6.44. The van der Waals surface area contributed by atoms with Crippen molar-refractivity contribution < 1.29 is 13.9 Å². The van der Waals surface area contributed by atoms with Gasteiger partial charge in [-0.05, 0) is 91.7 Å². The van der Waals surface area contributed by atoms with Crippen LogP contribution in [0.4, 0.5) is 16.0 Å². The van der Waals surface area contributed by atoms with Crippen LogP contribution in [0.1, 0.15) is 28.8 Å². The number of pyridine rings is 1. The number of benzene rings is 2. The lowest BCUT2D eigenvalue weighted by atomic mass is 10.1. The lowest BCUT2D eigenvalue weighted by Crippen LogP contribution is -2.37. The standard InChI is InChI=1S/C32H28FN5O3S/c1-21-13-16-42-29(21)20-38-30-23(17-22(31(38)39)12-15-40-28-7-3-2-6-27(28)33)18-35-32(37-30)36-24-8-10-25(11-9-24)41-26-5-4-14-34-19-26/h2-3,6-11,13,16-18,26,34H,4-5,14,19-20H2,1H3,(H,35,36,37). The van der Waals surface area contributed by atoms with Gasteiger partial charge < -0.3 is 20.1 Å². The summed E-state index contributed by atoms with van der Waals surface area (Å²) in [5, 5.41) is 9.21. The summed E-state index contributed by atoms with van der Waals surface area (Å²) in [6.45, 7) is 4.21. The minimum absolute atomic E-state index is 0.00929. The number of nitrogens with zero attached hydrogens (tertiary/aromatic N) is 3. The van der Waals surface area contributed by atoms with E-state index in [2.05, 4.69) is 27.6 Å². The van der Waals surface area contributed by atoms with Crippen molar-refractivity contribution in [3.05, 3.63) is 104 Å². The molecular weight excluding hydrogens is 553 g/mol. The number of fused-ring (bicyclic) bond motifs is 1. The quantitative estimate of drug-likeness (QED) is 0.242. The van der Waals surface area contributed by atoms with Gasteiger partial charge in [-0.15, -0.1) is 11.3 Å². The molecule has 2 aromatic carbocycles. The van der Waals surface area contributed by atoms with E-state index in [-0.39, 0.29) is 23.0 Å². The molecule has 0 aliphatic carbocycles. The summed E-state index contributed by atoms with van der Waals surface area (Å²) in [5.41, 5.74) is 2.21. The normalized spacial score (nSPS) is 14.7. The average molecular weight is 582 g/mol. The van der Waals surface area contributed by atoms with Gasteiger partial charge in [0.05, 0.1) is 12.1 Å². The first kappa shape index (κ1) is 27.4. The molecule has 1 aliphatic rings. The number of piperidine rings is 1. The second kappa shape index (κ2) is 12.4. The summed E-state index contributed by atoms with van der Waals surface area (Å²) in [7, 11) is 0. The molecule has 212 valence electrons. The Labute approximate surface area is 246 Å². The van der Waals surface area contributed by atoms with E-state index in [1.54, 1.807) is 40.3 Å². The van der Waals surface area contributed by atoms with Crippen LogP contribution in [0, 0.1) is 24.8 Å². The summed E-state index contributed by atoms with van der Waals surface area (Å²) >= 11 is 1.57. The largest absolute Gasteiger partial charge is 0.489 e. The van der Waals surface area contributed by atoms with Gasteiger partial charge in [-0.3, -0.25) is 9.36 Å². The van der Waals surface area contributed by atoms with Crippen LogP contribution >= 0.6 is 11.3 Å². The van der Waals surface area contributed by atoms with Crippen LogP contribution in [-0.2, 0) is 6.54 Å². The number of nitrogens with one attached hydrogen (secondary N) is 2. The van der Waals surface area contributed by atoms with Gasteiger partial charge in [0, 0.05) is 28.7 Å². The number of ether oxygens (including phenoxy) is 2. The summed E-state index contributed by atoms with van der Waals surface area (Å²) < 4.78 is 26.9. The van der Waals surface area contributed by atoms with Gasteiger partial charge in [-0.2, -0.15) is 4.98 Å². The molecule has 1 fully saturated rings.